The summed E-state index contributed by atoms with van der Waals surface area (Å²) in [6.07, 6.45) is 5.88. The lowest BCUT2D eigenvalue weighted by atomic mass is 10.0. The van der Waals surface area contributed by atoms with Crippen LogP contribution in [0, 0.1) is 0 Å². The largest absolute Gasteiger partial charge is 0.380 e. The predicted molar refractivity (Wildman–Crippen MR) is 84.9 cm³/mol. The molecule has 1 saturated heterocycles. The smallest absolute Gasteiger partial charge is 0.242 e. The van der Waals surface area contributed by atoms with Crippen LogP contribution in [0.15, 0.2) is 6.07 Å². The lowest BCUT2D eigenvalue weighted by Gasteiger charge is -2.18. The Morgan fingerprint density at radius 1 is 1.36 bits per heavy atom. The zero-order valence-corrected chi connectivity index (χ0v) is 13.7. The summed E-state index contributed by atoms with van der Waals surface area (Å²) in [4.78, 5) is 14.6. The maximum atomic E-state index is 12.5. The molecule has 3 rings (SSSR count). The van der Waals surface area contributed by atoms with Crippen molar-refractivity contribution in [1.82, 2.24) is 14.7 Å². The van der Waals surface area contributed by atoms with Crippen LogP contribution in [0.2, 0.25) is 0 Å². The molecule has 2 atom stereocenters. The fourth-order valence-corrected chi connectivity index (χ4v) is 3.67. The number of aryl methyl sites for hydroxylation is 1. The maximum Gasteiger partial charge on any atom is 0.242 e. The third-order valence-corrected chi connectivity index (χ3v) is 5.07. The first kappa shape index (κ1) is 15.5. The normalized spacial score (nSPS) is 26.7. The van der Waals surface area contributed by atoms with E-state index < -0.39 is 0 Å². The first-order valence-corrected chi connectivity index (χ1v) is 8.16. The van der Waals surface area contributed by atoms with Crippen LogP contribution in [0.5, 0.6) is 0 Å². The Bertz CT molecular complexity index is 536. The fraction of sp³-hybridized carbons (Fsp3) is 0.750. The molecule has 0 spiro atoms. The number of methoxy groups -OCH3 is 1. The van der Waals surface area contributed by atoms with Gasteiger partial charge in [0, 0.05) is 32.7 Å². The SMILES string of the molecule is CO[C@H]1C[C@@H](C(=O)Nc2cc(C3CCCC3)nn2C)N(C)C1. The molecular formula is C16H26N4O2. The van der Waals surface area contributed by atoms with Gasteiger partial charge in [-0.05, 0) is 26.3 Å². The first-order valence-electron chi connectivity index (χ1n) is 8.16. The molecule has 1 aromatic heterocycles. The highest BCUT2D eigenvalue weighted by atomic mass is 16.5. The number of nitrogens with zero attached hydrogens (tertiary/aromatic N) is 3. The molecule has 122 valence electrons. The maximum absolute atomic E-state index is 12.5. The van der Waals surface area contributed by atoms with Crippen molar-refractivity contribution in [3.05, 3.63) is 11.8 Å². The van der Waals surface area contributed by atoms with Crippen molar-refractivity contribution < 1.29 is 9.53 Å². The Morgan fingerprint density at radius 2 is 2.09 bits per heavy atom. The second kappa shape index (κ2) is 6.38. The van der Waals surface area contributed by atoms with Gasteiger partial charge in [0.2, 0.25) is 5.91 Å². The van der Waals surface area contributed by atoms with Crippen LogP contribution in [0.3, 0.4) is 0 Å². The molecule has 6 heteroatoms. The molecule has 22 heavy (non-hydrogen) atoms. The minimum absolute atomic E-state index is 0.0306. The van der Waals surface area contributed by atoms with E-state index in [0.29, 0.717) is 5.92 Å². The van der Waals surface area contributed by atoms with E-state index in [1.165, 1.54) is 25.7 Å². The molecule has 1 aromatic rings. The number of carbonyl (C=O) groups is 1. The minimum atomic E-state index is -0.130. The highest BCUT2D eigenvalue weighted by molar-refractivity contribution is 5.94. The second-order valence-corrected chi connectivity index (χ2v) is 6.60. The molecule has 0 unspecified atom stereocenters. The quantitative estimate of drug-likeness (QED) is 0.920. The zero-order chi connectivity index (χ0) is 15.7. The standard InChI is InChI=1S/C16H26N4O2/c1-19-10-12(22-3)8-14(19)16(21)17-15-9-13(18-20(15)2)11-6-4-5-7-11/h9,11-12,14H,4-8,10H2,1-3H3,(H,17,21)/t12-,14-/m0/s1. The van der Waals surface area contributed by atoms with E-state index in [1.54, 1.807) is 11.8 Å². The number of hydrogen-bond donors (Lipinski definition) is 1. The fourth-order valence-electron chi connectivity index (χ4n) is 3.67. The van der Waals surface area contributed by atoms with Crippen LogP contribution in [0.25, 0.3) is 0 Å². The van der Waals surface area contributed by atoms with E-state index in [0.717, 1.165) is 24.5 Å². The van der Waals surface area contributed by atoms with Gasteiger partial charge in [0.05, 0.1) is 17.8 Å². The van der Waals surface area contributed by atoms with Gasteiger partial charge in [0.1, 0.15) is 5.82 Å². The van der Waals surface area contributed by atoms with Crippen LogP contribution in [-0.2, 0) is 16.6 Å². The molecule has 2 aliphatic rings. The van der Waals surface area contributed by atoms with Crippen molar-refractivity contribution in [2.24, 2.45) is 7.05 Å². The number of likely N-dealkylation sites (tertiary alicyclic amines) is 1. The van der Waals surface area contributed by atoms with Crippen molar-refractivity contribution in [1.29, 1.82) is 0 Å². The molecule has 2 fully saturated rings. The highest BCUT2D eigenvalue weighted by Crippen LogP contribution is 2.34. The molecule has 1 N–H and O–H groups in total. The number of anilines is 1. The summed E-state index contributed by atoms with van der Waals surface area (Å²) in [5.41, 5.74) is 1.12. The topological polar surface area (TPSA) is 59.4 Å². The molecule has 2 heterocycles. The monoisotopic (exact) mass is 306 g/mol. The third-order valence-electron chi connectivity index (χ3n) is 5.07. The highest BCUT2D eigenvalue weighted by Gasteiger charge is 2.35. The summed E-state index contributed by atoms with van der Waals surface area (Å²) in [6.45, 7) is 0.799. The molecule has 1 aliphatic heterocycles. The molecule has 0 radical (unpaired) electrons. The van der Waals surface area contributed by atoms with E-state index >= 15 is 0 Å². The number of ether oxygens (including phenoxy) is 1. The Labute approximate surface area is 131 Å². The summed E-state index contributed by atoms with van der Waals surface area (Å²) in [7, 11) is 5.56. The van der Waals surface area contributed by atoms with E-state index in [4.69, 9.17) is 4.74 Å². The van der Waals surface area contributed by atoms with Crippen LogP contribution in [0.4, 0.5) is 5.82 Å². The van der Waals surface area contributed by atoms with Crippen LogP contribution in [-0.4, -0.2) is 53.4 Å². The Balaban J connectivity index is 1.66. The van der Waals surface area contributed by atoms with Crippen LogP contribution < -0.4 is 5.32 Å². The van der Waals surface area contributed by atoms with Gasteiger partial charge in [-0.1, -0.05) is 12.8 Å². The summed E-state index contributed by atoms with van der Waals surface area (Å²) in [6, 6.07) is 1.91. The zero-order valence-electron chi connectivity index (χ0n) is 13.7. The number of rotatable bonds is 4. The van der Waals surface area contributed by atoms with Gasteiger partial charge in [0.25, 0.3) is 0 Å². The summed E-state index contributed by atoms with van der Waals surface area (Å²) >= 11 is 0. The average Bonchev–Trinajstić information content (AvgIpc) is 3.19. The Hall–Kier alpha value is -1.40. The summed E-state index contributed by atoms with van der Waals surface area (Å²) < 4.78 is 7.15. The molecular weight excluding hydrogens is 280 g/mol. The number of aromatic nitrogens is 2. The lowest BCUT2D eigenvalue weighted by Crippen LogP contribution is -2.37. The van der Waals surface area contributed by atoms with Gasteiger partial charge in [0.15, 0.2) is 0 Å². The van der Waals surface area contributed by atoms with Crippen LogP contribution in [0.1, 0.15) is 43.7 Å². The average molecular weight is 306 g/mol. The van der Waals surface area contributed by atoms with Crippen LogP contribution >= 0.6 is 0 Å². The minimum Gasteiger partial charge on any atom is -0.380 e. The predicted octanol–water partition coefficient (Wildman–Crippen LogP) is 1.74. The number of nitrogens with one attached hydrogen (secondary N) is 1. The van der Waals surface area contributed by atoms with E-state index in [-0.39, 0.29) is 18.1 Å². The van der Waals surface area contributed by atoms with Gasteiger partial charge in [-0.2, -0.15) is 5.10 Å². The molecule has 0 bridgehead atoms. The van der Waals surface area contributed by atoms with E-state index in [2.05, 4.69) is 15.3 Å². The summed E-state index contributed by atoms with van der Waals surface area (Å²) in [5.74, 6) is 1.38. The number of likely N-dealkylation sites (N-methyl/N-ethyl adjacent to an activating group) is 1. The van der Waals surface area contributed by atoms with E-state index in [1.807, 2.05) is 20.2 Å². The van der Waals surface area contributed by atoms with Gasteiger partial charge in [-0.3, -0.25) is 14.4 Å². The van der Waals surface area contributed by atoms with Crippen molar-refractivity contribution in [3.8, 4) is 0 Å². The number of hydrogen-bond acceptors (Lipinski definition) is 4. The Morgan fingerprint density at radius 3 is 2.73 bits per heavy atom. The van der Waals surface area contributed by atoms with Crippen molar-refractivity contribution in [3.63, 3.8) is 0 Å². The van der Waals surface area contributed by atoms with Crippen molar-refractivity contribution >= 4 is 11.7 Å². The Kier molecular flexibility index (Phi) is 4.49. The molecule has 1 amide bonds. The first-order chi connectivity index (χ1) is 10.6. The van der Waals surface area contributed by atoms with E-state index in [9.17, 15) is 4.79 Å². The lowest BCUT2D eigenvalue weighted by molar-refractivity contribution is -0.120. The van der Waals surface area contributed by atoms with Crippen molar-refractivity contribution in [2.45, 2.75) is 50.2 Å². The second-order valence-electron chi connectivity index (χ2n) is 6.60. The molecule has 6 nitrogen and oxygen atoms in total. The molecule has 1 saturated carbocycles. The van der Waals surface area contributed by atoms with Gasteiger partial charge < -0.3 is 10.1 Å². The number of carbonyl (C=O) groups excluding carboxylic acids is 1. The number of amides is 1. The van der Waals surface area contributed by atoms with Gasteiger partial charge >= 0.3 is 0 Å². The van der Waals surface area contributed by atoms with Gasteiger partial charge in [-0.15, -0.1) is 0 Å². The van der Waals surface area contributed by atoms with Crippen molar-refractivity contribution in [2.75, 3.05) is 26.0 Å². The third kappa shape index (κ3) is 3.03. The van der Waals surface area contributed by atoms with Gasteiger partial charge in [-0.25, -0.2) is 0 Å². The summed E-state index contributed by atoms with van der Waals surface area (Å²) in [5, 5.41) is 7.62. The molecule has 1 aliphatic carbocycles. The molecule has 0 aromatic carbocycles.